The summed E-state index contributed by atoms with van der Waals surface area (Å²) in [5, 5.41) is 2.96. The molecule has 0 saturated carbocycles. The van der Waals surface area contributed by atoms with Gasteiger partial charge in [-0.1, -0.05) is 6.42 Å². The van der Waals surface area contributed by atoms with Crippen LogP contribution in [0.1, 0.15) is 50.6 Å². The quantitative estimate of drug-likeness (QED) is 0.827. The van der Waals surface area contributed by atoms with Gasteiger partial charge >= 0.3 is 0 Å². The van der Waals surface area contributed by atoms with E-state index in [1.165, 1.54) is 57.6 Å². The van der Waals surface area contributed by atoms with E-state index in [2.05, 4.69) is 20.2 Å². The number of rotatable bonds is 6. The first-order chi connectivity index (χ1) is 11.7. The summed E-state index contributed by atoms with van der Waals surface area (Å²) in [5.74, 6) is 0.798. The zero-order chi connectivity index (χ0) is 16.8. The topological polar surface area (TPSA) is 78.1 Å². The largest absolute Gasteiger partial charge is 0.356 e. The lowest BCUT2D eigenvalue weighted by atomic mass is 9.81. The molecule has 24 heavy (non-hydrogen) atoms. The van der Waals surface area contributed by atoms with Crippen LogP contribution in [0.15, 0.2) is 17.2 Å². The summed E-state index contributed by atoms with van der Waals surface area (Å²) in [7, 11) is 0. The van der Waals surface area contributed by atoms with E-state index in [0.29, 0.717) is 37.0 Å². The number of carbonyl (C=O) groups excluding carboxylic acids is 1. The molecule has 6 nitrogen and oxygen atoms in total. The summed E-state index contributed by atoms with van der Waals surface area (Å²) < 4.78 is 0. The average molecular weight is 332 g/mol. The van der Waals surface area contributed by atoms with Gasteiger partial charge in [0.15, 0.2) is 0 Å². The number of nitrogens with one attached hydrogen (secondary N) is 2. The maximum absolute atomic E-state index is 12.1. The van der Waals surface area contributed by atoms with Crippen LogP contribution in [0.3, 0.4) is 0 Å². The molecular weight excluding hydrogens is 304 g/mol. The van der Waals surface area contributed by atoms with Crippen molar-refractivity contribution in [1.82, 2.24) is 20.2 Å². The van der Waals surface area contributed by atoms with Gasteiger partial charge in [-0.25, -0.2) is 4.98 Å². The van der Waals surface area contributed by atoms with Crippen molar-refractivity contribution in [2.75, 3.05) is 19.6 Å². The van der Waals surface area contributed by atoms with Crippen molar-refractivity contribution < 1.29 is 4.79 Å². The van der Waals surface area contributed by atoms with Gasteiger partial charge in [-0.05, 0) is 51.1 Å². The number of carbonyl (C=O) groups is 1. The first-order valence-corrected chi connectivity index (χ1v) is 9.27. The van der Waals surface area contributed by atoms with Gasteiger partial charge in [0, 0.05) is 37.2 Å². The summed E-state index contributed by atoms with van der Waals surface area (Å²) in [6.07, 6.45) is 10.1. The minimum atomic E-state index is -0.152. The molecule has 1 aromatic rings. The van der Waals surface area contributed by atoms with Crippen LogP contribution < -0.4 is 10.9 Å². The minimum Gasteiger partial charge on any atom is -0.356 e. The Morgan fingerprint density at radius 3 is 3.04 bits per heavy atom. The highest BCUT2D eigenvalue weighted by Crippen LogP contribution is 2.33. The van der Waals surface area contributed by atoms with Gasteiger partial charge in [0.1, 0.15) is 0 Å². The Bertz CT molecular complexity index is 599. The Morgan fingerprint density at radius 2 is 2.17 bits per heavy atom. The van der Waals surface area contributed by atoms with Crippen molar-refractivity contribution in [3.63, 3.8) is 0 Å². The van der Waals surface area contributed by atoms with Crippen LogP contribution in [-0.4, -0.2) is 46.5 Å². The highest BCUT2D eigenvalue weighted by atomic mass is 16.1. The van der Waals surface area contributed by atoms with E-state index in [1.54, 1.807) is 0 Å². The van der Waals surface area contributed by atoms with Crippen LogP contribution in [0.4, 0.5) is 0 Å². The molecule has 3 heterocycles. The number of piperidine rings is 2. The predicted octanol–water partition coefficient (Wildman–Crippen LogP) is 1.47. The molecule has 0 aromatic carbocycles. The van der Waals surface area contributed by atoms with Gasteiger partial charge in [0.05, 0.1) is 6.33 Å². The van der Waals surface area contributed by atoms with E-state index >= 15 is 0 Å². The fraction of sp³-hybridized carbons (Fsp3) is 0.722. The SMILES string of the molecule is O=C(CC[C@@H]1CCCN2CCCC[C@H]12)NCCc1cc(=O)[nH]cn1. The summed E-state index contributed by atoms with van der Waals surface area (Å²) in [6, 6.07) is 2.19. The molecule has 0 unspecified atom stereocenters. The normalized spacial score (nSPS) is 24.3. The molecular formula is C18H28N4O2. The second-order valence-corrected chi connectivity index (χ2v) is 7.04. The maximum atomic E-state index is 12.1. The third kappa shape index (κ3) is 4.66. The first-order valence-electron chi connectivity index (χ1n) is 9.27. The molecule has 2 aliphatic heterocycles. The van der Waals surface area contributed by atoms with Crippen LogP contribution in [-0.2, 0) is 11.2 Å². The predicted molar refractivity (Wildman–Crippen MR) is 92.7 cm³/mol. The Morgan fingerprint density at radius 1 is 1.29 bits per heavy atom. The Hall–Kier alpha value is -1.69. The number of hydrogen-bond donors (Lipinski definition) is 2. The van der Waals surface area contributed by atoms with E-state index in [-0.39, 0.29) is 11.5 Å². The van der Waals surface area contributed by atoms with Gasteiger partial charge in [-0.3, -0.25) is 9.59 Å². The highest BCUT2D eigenvalue weighted by molar-refractivity contribution is 5.75. The van der Waals surface area contributed by atoms with E-state index in [4.69, 9.17) is 0 Å². The molecule has 2 N–H and O–H groups in total. The molecule has 0 bridgehead atoms. The molecule has 6 heteroatoms. The summed E-state index contributed by atoms with van der Waals surface area (Å²) in [5.41, 5.74) is 0.560. The monoisotopic (exact) mass is 332 g/mol. The number of hydrogen-bond acceptors (Lipinski definition) is 4. The fourth-order valence-corrected chi connectivity index (χ4v) is 4.19. The van der Waals surface area contributed by atoms with Crippen molar-refractivity contribution in [3.8, 4) is 0 Å². The van der Waals surface area contributed by atoms with Gasteiger partial charge < -0.3 is 15.2 Å². The van der Waals surface area contributed by atoms with Crippen molar-refractivity contribution in [2.45, 2.75) is 57.4 Å². The smallest absolute Gasteiger partial charge is 0.250 e. The zero-order valence-corrected chi connectivity index (χ0v) is 14.3. The number of aromatic nitrogens is 2. The van der Waals surface area contributed by atoms with E-state index in [1.807, 2.05) is 0 Å². The minimum absolute atomic E-state index is 0.118. The molecule has 0 spiro atoms. The molecule has 1 aromatic heterocycles. The van der Waals surface area contributed by atoms with Crippen LogP contribution in [0, 0.1) is 5.92 Å². The molecule has 2 atom stereocenters. The molecule has 2 saturated heterocycles. The van der Waals surface area contributed by atoms with Crippen molar-refractivity contribution >= 4 is 5.91 Å². The highest BCUT2D eigenvalue weighted by Gasteiger charge is 2.32. The molecule has 2 fully saturated rings. The van der Waals surface area contributed by atoms with Gasteiger partial charge in [-0.2, -0.15) is 0 Å². The van der Waals surface area contributed by atoms with Crippen LogP contribution in [0.2, 0.25) is 0 Å². The van der Waals surface area contributed by atoms with E-state index in [0.717, 1.165) is 6.42 Å². The Kier molecular flexibility index (Phi) is 6.01. The molecule has 2 aliphatic rings. The molecule has 132 valence electrons. The zero-order valence-electron chi connectivity index (χ0n) is 14.3. The fourth-order valence-electron chi connectivity index (χ4n) is 4.19. The average Bonchev–Trinajstić information content (AvgIpc) is 2.60. The van der Waals surface area contributed by atoms with Gasteiger partial charge in [0.25, 0.3) is 5.56 Å². The van der Waals surface area contributed by atoms with Crippen molar-refractivity contribution in [3.05, 3.63) is 28.4 Å². The maximum Gasteiger partial charge on any atom is 0.250 e. The second kappa shape index (κ2) is 8.42. The van der Waals surface area contributed by atoms with Crippen molar-refractivity contribution in [2.24, 2.45) is 5.92 Å². The third-order valence-electron chi connectivity index (χ3n) is 5.41. The Labute approximate surface area is 143 Å². The van der Waals surface area contributed by atoms with Gasteiger partial charge in [-0.15, -0.1) is 0 Å². The molecule has 0 aliphatic carbocycles. The molecule has 0 radical (unpaired) electrons. The summed E-state index contributed by atoms with van der Waals surface area (Å²) >= 11 is 0. The number of fused-ring (bicyclic) bond motifs is 1. The van der Waals surface area contributed by atoms with Crippen LogP contribution in [0.25, 0.3) is 0 Å². The van der Waals surface area contributed by atoms with Crippen molar-refractivity contribution in [1.29, 1.82) is 0 Å². The summed E-state index contributed by atoms with van der Waals surface area (Å²) in [6.45, 7) is 3.03. The number of nitrogens with zero attached hydrogens (tertiary/aromatic N) is 2. The lowest BCUT2D eigenvalue weighted by molar-refractivity contribution is -0.121. The van der Waals surface area contributed by atoms with Gasteiger partial charge in [0.2, 0.25) is 5.91 Å². The van der Waals surface area contributed by atoms with Crippen LogP contribution in [0.5, 0.6) is 0 Å². The standard InChI is InChI=1S/C18H28N4O2/c23-17(19-9-8-15-12-18(24)21-13-20-15)7-6-14-4-3-11-22-10-2-1-5-16(14)22/h12-14,16H,1-11H2,(H,19,23)(H,20,21,24)/t14-,16+/m0/s1. The van der Waals surface area contributed by atoms with E-state index in [9.17, 15) is 9.59 Å². The van der Waals surface area contributed by atoms with E-state index < -0.39 is 0 Å². The Balaban J connectivity index is 1.38. The number of H-pyrrole nitrogens is 1. The summed E-state index contributed by atoms with van der Waals surface area (Å²) in [4.78, 5) is 32.5. The first kappa shape index (κ1) is 17.1. The lowest BCUT2D eigenvalue weighted by Gasteiger charge is -2.44. The van der Waals surface area contributed by atoms with Crippen LogP contribution >= 0.6 is 0 Å². The third-order valence-corrected chi connectivity index (χ3v) is 5.41. The number of amides is 1. The lowest BCUT2D eigenvalue weighted by Crippen LogP contribution is -2.48. The molecule has 1 amide bonds. The molecule has 3 rings (SSSR count). The second-order valence-electron chi connectivity index (χ2n) is 7.04. The number of aromatic amines is 1.